The predicted molar refractivity (Wildman–Crippen MR) is 109 cm³/mol. The standard InChI is InChI=1S/C22H19N5O/c28-22(25-20-9-5-4-8-18(20)15-6-2-1-3-7-15)27-11-10-17-16(14-27)12-23-21-19(17)13-24-26-21/h1-9,12-13H,10-11,14H2,(H,25,28)(H,23,24,26). The molecule has 0 unspecified atom stereocenters. The van der Waals surface area contributed by atoms with Crippen LogP contribution in [0.5, 0.6) is 0 Å². The average molecular weight is 369 g/mol. The van der Waals surface area contributed by atoms with Crippen LogP contribution in [0.15, 0.2) is 67.0 Å². The first kappa shape index (κ1) is 16.5. The first-order chi connectivity index (χ1) is 13.8. The molecular weight excluding hydrogens is 350 g/mol. The number of nitrogens with zero attached hydrogens (tertiary/aromatic N) is 3. The zero-order chi connectivity index (χ0) is 18.9. The van der Waals surface area contributed by atoms with E-state index in [1.165, 1.54) is 5.56 Å². The summed E-state index contributed by atoms with van der Waals surface area (Å²) in [5.74, 6) is 0. The monoisotopic (exact) mass is 369 g/mol. The number of para-hydroxylation sites is 1. The minimum absolute atomic E-state index is 0.0960. The number of fused-ring (bicyclic) bond motifs is 3. The predicted octanol–water partition coefficient (Wildman–Crippen LogP) is 4.22. The Labute approximate surface area is 162 Å². The van der Waals surface area contributed by atoms with Crippen molar-refractivity contribution in [1.82, 2.24) is 20.1 Å². The van der Waals surface area contributed by atoms with Gasteiger partial charge in [-0.1, -0.05) is 48.5 Å². The number of rotatable bonds is 2. The summed E-state index contributed by atoms with van der Waals surface area (Å²) < 4.78 is 0. The smallest absolute Gasteiger partial charge is 0.320 e. The highest BCUT2D eigenvalue weighted by Crippen LogP contribution is 2.29. The highest BCUT2D eigenvalue weighted by Gasteiger charge is 2.23. The molecule has 2 aromatic heterocycles. The zero-order valence-electron chi connectivity index (χ0n) is 15.2. The van der Waals surface area contributed by atoms with Gasteiger partial charge in [0.25, 0.3) is 0 Å². The van der Waals surface area contributed by atoms with Crippen LogP contribution in [0, 0.1) is 0 Å². The van der Waals surface area contributed by atoms with E-state index in [2.05, 4.69) is 20.5 Å². The molecule has 1 aliphatic rings. The fourth-order valence-electron chi connectivity index (χ4n) is 3.78. The van der Waals surface area contributed by atoms with Crippen LogP contribution in [0.3, 0.4) is 0 Å². The average Bonchev–Trinajstić information content (AvgIpc) is 3.24. The normalized spacial score (nSPS) is 13.4. The maximum absolute atomic E-state index is 13.0. The number of anilines is 1. The van der Waals surface area contributed by atoms with Gasteiger partial charge in [0.2, 0.25) is 0 Å². The van der Waals surface area contributed by atoms with Gasteiger partial charge < -0.3 is 10.2 Å². The summed E-state index contributed by atoms with van der Waals surface area (Å²) in [7, 11) is 0. The summed E-state index contributed by atoms with van der Waals surface area (Å²) in [4.78, 5) is 19.2. The molecule has 4 aromatic rings. The van der Waals surface area contributed by atoms with Crippen molar-refractivity contribution in [3.05, 3.63) is 78.1 Å². The number of hydrogen-bond donors (Lipinski definition) is 2. The van der Waals surface area contributed by atoms with Gasteiger partial charge in [-0.05, 0) is 29.2 Å². The number of aromatic nitrogens is 3. The summed E-state index contributed by atoms with van der Waals surface area (Å²) in [5.41, 5.74) is 6.00. The van der Waals surface area contributed by atoms with E-state index in [0.29, 0.717) is 13.1 Å². The van der Waals surface area contributed by atoms with Gasteiger partial charge in [-0.25, -0.2) is 9.78 Å². The SMILES string of the molecule is O=C(Nc1ccccc1-c1ccccc1)N1CCc2c(cnc3[nH]ncc23)C1. The van der Waals surface area contributed by atoms with Gasteiger partial charge >= 0.3 is 6.03 Å². The fourth-order valence-corrected chi connectivity index (χ4v) is 3.78. The Morgan fingerprint density at radius 3 is 2.75 bits per heavy atom. The number of carbonyl (C=O) groups excluding carboxylic acids is 1. The Bertz CT molecular complexity index is 1150. The van der Waals surface area contributed by atoms with Crippen LogP contribution in [0.4, 0.5) is 10.5 Å². The van der Waals surface area contributed by atoms with Crippen molar-refractivity contribution in [2.45, 2.75) is 13.0 Å². The Morgan fingerprint density at radius 2 is 1.86 bits per heavy atom. The second-order valence-electron chi connectivity index (χ2n) is 6.91. The van der Waals surface area contributed by atoms with E-state index in [-0.39, 0.29) is 6.03 Å². The number of pyridine rings is 1. The number of hydrogen-bond acceptors (Lipinski definition) is 3. The fraction of sp³-hybridized carbons (Fsp3) is 0.136. The molecule has 6 nitrogen and oxygen atoms in total. The Balaban J connectivity index is 1.39. The molecule has 2 amide bonds. The van der Waals surface area contributed by atoms with Crippen molar-refractivity contribution in [2.75, 3.05) is 11.9 Å². The van der Waals surface area contributed by atoms with Gasteiger partial charge in [0.1, 0.15) is 0 Å². The summed E-state index contributed by atoms with van der Waals surface area (Å²) in [6, 6.07) is 17.9. The van der Waals surface area contributed by atoms with Crippen LogP contribution in [0.2, 0.25) is 0 Å². The van der Waals surface area contributed by atoms with Gasteiger partial charge in [0.15, 0.2) is 5.65 Å². The first-order valence-electron chi connectivity index (χ1n) is 9.30. The van der Waals surface area contributed by atoms with Gasteiger partial charge in [0, 0.05) is 30.2 Å². The molecule has 2 N–H and O–H groups in total. The lowest BCUT2D eigenvalue weighted by atomic mass is 9.99. The molecule has 6 heteroatoms. The Hall–Kier alpha value is -3.67. The van der Waals surface area contributed by atoms with Gasteiger partial charge in [0.05, 0.1) is 11.9 Å². The number of amides is 2. The van der Waals surface area contributed by atoms with E-state index in [9.17, 15) is 4.79 Å². The summed E-state index contributed by atoms with van der Waals surface area (Å²) in [6.07, 6.45) is 4.45. The molecule has 5 rings (SSSR count). The summed E-state index contributed by atoms with van der Waals surface area (Å²) in [6.45, 7) is 1.21. The minimum atomic E-state index is -0.0960. The lowest BCUT2D eigenvalue weighted by Crippen LogP contribution is -2.39. The molecule has 28 heavy (non-hydrogen) atoms. The molecule has 0 fully saturated rings. The number of benzene rings is 2. The molecule has 0 atom stereocenters. The quantitative estimate of drug-likeness (QED) is 0.556. The van der Waals surface area contributed by atoms with Crippen LogP contribution in [-0.2, 0) is 13.0 Å². The highest BCUT2D eigenvalue weighted by atomic mass is 16.2. The van der Waals surface area contributed by atoms with E-state index in [1.54, 1.807) is 0 Å². The second-order valence-corrected chi connectivity index (χ2v) is 6.91. The van der Waals surface area contributed by atoms with E-state index < -0.39 is 0 Å². The first-order valence-corrected chi connectivity index (χ1v) is 9.30. The third-order valence-corrected chi connectivity index (χ3v) is 5.22. The number of carbonyl (C=O) groups is 1. The van der Waals surface area contributed by atoms with Crippen LogP contribution >= 0.6 is 0 Å². The van der Waals surface area contributed by atoms with Crippen molar-refractivity contribution in [3.63, 3.8) is 0 Å². The molecule has 1 aliphatic heterocycles. The molecule has 0 saturated heterocycles. The third-order valence-electron chi connectivity index (χ3n) is 5.22. The number of aromatic amines is 1. The topological polar surface area (TPSA) is 73.9 Å². The maximum Gasteiger partial charge on any atom is 0.322 e. The van der Waals surface area contributed by atoms with Crippen LogP contribution in [0.25, 0.3) is 22.2 Å². The summed E-state index contributed by atoms with van der Waals surface area (Å²) >= 11 is 0. The van der Waals surface area contributed by atoms with Gasteiger partial charge in [-0.3, -0.25) is 5.10 Å². The van der Waals surface area contributed by atoms with E-state index in [4.69, 9.17) is 0 Å². The van der Waals surface area contributed by atoms with Crippen LogP contribution < -0.4 is 5.32 Å². The molecular formula is C22H19N5O. The number of urea groups is 1. The maximum atomic E-state index is 13.0. The van der Waals surface area contributed by atoms with Crippen molar-refractivity contribution in [2.24, 2.45) is 0 Å². The van der Waals surface area contributed by atoms with Crippen LogP contribution in [-0.4, -0.2) is 32.7 Å². The van der Waals surface area contributed by atoms with Gasteiger partial charge in [-0.15, -0.1) is 0 Å². The number of nitrogens with one attached hydrogen (secondary N) is 2. The largest absolute Gasteiger partial charge is 0.322 e. The molecule has 0 radical (unpaired) electrons. The lowest BCUT2D eigenvalue weighted by molar-refractivity contribution is 0.206. The van der Waals surface area contributed by atoms with E-state index >= 15 is 0 Å². The Morgan fingerprint density at radius 1 is 1.04 bits per heavy atom. The molecule has 0 aliphatic carbocycles. The zero-order valence-corrected chi connectivity index (χ0v) is 15.2. The second kappa shape index (κ2) is 6.81. The summed E-state index contributed by atoms with van der Waals surface area (Å²) in [5, 5.41) is 11.1. The lowest BCUT2D eigenvalue weighted by Gasteiger charge is -2.29. The number of H-pyrrole nitrogens is 1. The highest BCUT2D eigenvalue weighted by molar-refractivity contribution is 5.94. The Kier molecular flexibility index (Phi) is 4.01. The molecule has 2 aromatic carbocycles. The molecule has 138 valence electrons. The molecule has 0 bridgehead atoms. The molecule has 3 heterocycles. The van der Waals surface area contributed by atoms with Crippen molar-refractivity contribution in [1.29, 1.82) is 0 Å². The van der Waals surface area contributed by atoms with Crippen molar-refractivity contribution in [3.8, 4) is 11.1 Å². The van der Waals surface area contributed by atoms with Crippen LogP contribution in [0.1, 0.15) is 11.1 Å². The third kappa shape index (κ3) is 2.89. The van der Waals surface area contributed by atoms with Gasteiger partial charge in [-0.2, -0.15) is 5.10 Å². The van der Waals surface area contributed by atoms with Crippen molar-refractivity contribution < 1.29 is 4.79 Å². The van der Waals surface area contributed by atoms with Crippen molar-refractivity contribution >= 4 is 22.8 Å². The minimum Gasteiger partial charge on any atom is -0.320 e. The van der Waals surface area contributed by atoms with E-state index in [1.807, 2.05) is 71.9 Å². The van der Waals surface area contributed by atoms with E-state index in [0.717, 1.165) is 39.8 Å². The molecule has 0 saturated carbocycles. The molecule has 0 spiro atoms.